The summed E-state index contributed by atoms with van der Waals surface area (Å²) in [5.41, 5.74) is 1.83. The zero-order valence-electron chi connectivity index (χ0n) is 11.4. The second-order valence-electron chi connectivity index (χ2n) is 5.24. The second kappa shape index (κ2) is 6.01. The highest BCUT2D eigenvalue weighted by Gasteiger charge is 2.12. The molecule has 1 aromatic carbocycles. The topological polar surface area (TPSA) is 38.1 Å². The van der Waals surface area contributed by atoms with Crippen molar-refractivity contribution in [2.45, 2.75) is 39.2 Å². The molecule has 18 heavy (non-hydrogen) atoms. The van der Waals surface area contributed by atoms with Gasteiger partial charge < -0.3 is 9.73 Å². The van der Waals surface area contributed by atoms with Crippen LogP contribution in [0.5, 0.6) is 0 Å². The van der Waals surface area contributed by atoms with Crippen molar-refractivity contribution in [1.29, 1.82) is 0 Å². The van der Waals surface area contributed by atoms with E-state index in [2.05, 4.69) is 24.1 Å². The smallest absolute Gasteiger partial charge is 0.197 e. The predicted octanol–water partition coefficient (Wildman–Crippen LogP) is 3.39. The van der Waals surface area contributed by atoms with Crippen LogP contribution < -0.4 is 5.32 Å². The molecule has 1 atom stereocenters. The minimum Gasteiger partial charge on any atom is -0.441 e. The van der Waals surface area contributed by atoms with Crippen molar-refractivity contribution in [3.05, 3.63) is 30.2 Å². The summed E-state index contributed by atoms with van der Waals surface area (Å²) in [5.74, 6) is 1.57. The van der Waals surface area contributed by atoms with Crippen LogP contribution in [0.25, 0.3) is 11.1 Å². The first-order chi connectivity index (χ1) is 8.69. The van der Waals surface area contributed by atoms with Gasteiger partial charge in [0.05, 0.1) is 0 Å². The molecule has 0 aliphatic carbocycles. The number of nitrogens with one attached hydrogen (secondary N) is 1. The number of likely N-dealkylation sites (N-methyl/N-ethyl adjacent to an activating group) is 1. The standard InChI is InChI=1S/C15H22N2O/c1-11(2)8-9-12(16-3)10-15-17-13-6-4-5-7-14(13)18-15/h4-7,11-12,16H,8-10H2,1-3H3. The van der Waals surface area contributed by atoms with Gasteiger partial charge in [-0.25, -0.2) is 4.98 Å². The van der Waals surface area contributed by atoms with Crippen LogP contribution >= 0.6 is 0 Å². The van der Waals surface area contributed by atoms with E-state index >= 15 is 0 Å². The van der Waals surface area contributed by atoms with Crippen LogP contribution in [0.3, 0.4) is 0 Å². The highest BCUT2D eigenvalue weighted by Crippen LogP contribution is 2.17. The summed E-state index contributed by atoms with van der Waals surface area (Å²) in [6, 6.07) is 8.37. The van der Waals surface area contributed by atoms with Gasteiger partial charge in [0.25, 0.3) is 0 Å². The van der Waals surface area contributed by atoms with Crippen molar-refractivity contribution >= 4 is 11.1 Å². The Hall–Kier alpha value is -1.35. The second-order valence-corrected chi connectivity index (χ2v) is 5.24. The number of rotatable bonds is 6. The van der Waals surface area contributed by atoms with Crippen molar-refractivity contribution in [2.75, 3.05) is 7.05 Å². The zero-order valence-corrected chi connectivity index (χ0v) is 11.4. The van der Waals surface area contributed by atoms with Crippen molar-refractivity contribution < 1.29 is 4.42 Å². The van der Waals surface area contributed by atoms with E-state index in [9.17, 15) is 0 Å². The molecule has 0 fully saturated rings. The summed E-state index contributed by atoms with van der Waals surface area (Å²) < 4.78 is 5.76. The summed E-state index contributed by atoms with van der Waals surface area (Å²) in [6.45, 7) is 4.51. The van der Waals surface area contributed by atoms with Crippen LogP contribution in [0, 0.1) is 5.92 Å². The Morgan fingerprint density at radius 1 is 1.22 bits per heavy atom. The van der Waals surface area contributed by atoms with E-state index in [0.717, 1.165) is 35.7 Å². The first-order valence-electron chi connectivity index (χ1n) is 6.70. The van der Waals surface area contributed by atoms with Crippen LogP contribution in [0.2, 0.25) is 0 Å². The predicted molar refractivity (Wildman–Crippen MR) is 74.6 cm³/mol. The van der Waals surface area contributed by atoms with Crippen LogP contribution in [0.1, 0.15) is 32.6 Å². The van der Waals surface area contributed by atoms with E-state index in [1.807, 2.05) is 31.3 Å². The summed E-state index contributed by atoms with van der Waals surface area (Å²) in [7, 11) is 2.01. The molecular formula is C15H22N2O. The number of aromatic nitrogens is 1. The van der Waals surface area contributed by atoms with Crippen molar-refractivity contribution in [3.8, 4) is 0 Å². The first-order valence-corrected chi connectivity index (χ1v) is 6.70. The lowest BCUT2D eigenvalue weighted by Crippen LogP contribution is -2.28. The van der Waals surface area contributed by atoms with Crippen molar-refractivity contribution in [2.24, 2.45) is 5.92 Å². The molecule has 0 radical (unpaired) electrons. The third-order valence-electron chi connectivity index (χ3n) is 3.26. The third kappa shape index (κ3) is 3.33. The molecule has 0 bridgehead atoms. The number of benzene rings is 1. The normalized spacial score (nSPS) is 13.3. The number of nitrogens with zero attached hydrogens (tertiary/aromatic N) is 1. The van der Waals surface area contributed by atoms with Gasteiger partial charge in [0.15, 0.2) is 11.5 Å². The van der Waals surface area contributed by atoms with Gasteiger partial charge in [0.2, 0.25) is 0 Å². The number of fused-ring (bicyclic) bond motifs is 1. The van der Waals surface area contributed by atoms with E-state index in [1.165, 1.54) is 6.42 Å². The summed E-state index contributed by atoms with van der Waals surface area (Å²) in [6.07, 6.45) is 3.25. The monoisotopic (exact) mass is 246 g/mol. The Labute approximate surface area is 109 Å². The molecule has 3 nitrogen and oxygen atoms in total. The van der Waals surface area contributed by atoms with Gasteiger partial charge in [-0.15, -0.1) is 0 Å². The minimum atomic E-state index is 0.445. The molecule has 0 spiro atoms. The Bertz CT molecular complexity index is 457. The van der Waals surface area contributed by atoms with Gasteiger partial charge in [-0.1, -0.05) is 26.0 Å². The number of hydrogen-bond donors (Lipinski definition) is 1. The van der Waals surface area contributed by atoms with E-state index in [-0.39, 0.29) is 0 Å². The molecule has 1 N–H and O–H groups in total. The van der Waals surface area contributed by atoms with E-state index in [1.54, 1.807) is 0 Å². The molecule has 98 valence electrons. The molecule has 0 amide bonds. The molecule has 1 heterocycles. The van der Waals surface area contributed by atoms with E-state index in [4.69, 9.17) is 4.42 Å². The van der Waals surface area contributed by atoms with Gasteiger partial charge in [-0.3, -0.25) is 0 Å². The molecule has 0 aliphatic heterocycles. The molecule has 1 aromatic heterocycles. The van der Waals surface area contributed by atoms with Crippen LogP contribution in [-0.4, -0.2) is 18.1 Å². The number of oxazole rings is 1. The molecule has 2 aromatic rings. The van der Waals surface area contributed by atoms with Crippen LogP contribution in [0.15, 0.2) is 28.7 Å². The summed E-state index contributed by atoms with van der Waals surface area (Å²) in [4.78, 5) is 4.52. The molecule has 3 heteroatoms. The molecule has 0 aliphatic rings. The maximum Gasteiger partial charge on any atom is 0.197 e. The van der Waals surface area contributed by atoms with Gasteiger partial charge >= 0.3 is 0 Å². The lowest BCUT2D eigenvalue weighted by atomic mass is 10.0. The van der Waals surface area contributed by atoms with Crippen molar-refractivity contribution in [1.82, 2.24) is 10.3 Å². The molecular weight excluding hydrogens is 224 g/mol. The Kier molecular flexibility index (Phi) is 4.37. The lowest BCUT2D eigenvalue weighted by Gasteiger charge is -2.15. The van der Waals surface area contributed by atoms with E-state index in [0.29, 0.717) is 6.04 Å². The highest BCUT2D eigenvalue weighted by atomic mass is 16.3. The minimum absolute atomic E-state index is 0.445. The Morgan fingerprint density at radius 2 is 2.00 bits per heavy atom. The quantitative estimate of drug-likeness (QED) is 0.849. The number of hydrogen-bond acceptors (Lipinski definition) is 3. The first kappa shape index (κ1) is 13.1. The highest BCUT2D eigenvalue weighted by molar-refractivity contribution is 5.72. The third-order valence-corrected chi connectivity index (χ3v) is 3.26. The van der Waals surface area contributed by atoms with Gasteiger partial charge in [0, 0.05) is 12.5 Å². The number of para-hydroxylation sites is 2. The summed E-state index contributed by atoms with van der Waals surface area (Å²) in [5, 5.41) is 3.35. The molecule has 0 saturated heterocycles. The fraction of sp³-hybridized carbons (Fsp3) is 0.533. The van der Waals surface area contributed by atoms with Crippen LogP contribution in [-0.2, 0) is 6.42 Å². The van der Waals surface area contributed by atoms with Gasteiger partial charge in [0.1, 0.15) is 5.52 Å². The van der Waals surface area contributed by atoms with Gasteiger partial charge in [-0.2, -0.15) is 0 Å². The molecule has 0 saturated carbocycles. The average Bonchev–Trinajstić information content (AvgIpc) is 2.76. The fourth-order valence-corrected chi connectivity index (χ4v) is 2.10. The van der Waals surface area contributed by atoms with E-state index < -0.39 is 0 Å². The summed E-state index contributed by atoms with van der Waals surface area (Å²) >= 11 is 0. The average molecular weight is 246 g/mol. The molecule has 2 rings (SSSR count). The van der Waals surface area contributed by atoms with Crippen molar-refractivity contribution in [3.63, 3.8) is 0 Å². The molecule has 1 unspecified atom stereocenters. The fourth-order valence-electron chi connectivity index (χ4n) is 2.10. The largest absolute Gasteiger partial charge is 0.441 e. The Morgan fingerprint density at radius 3 is 2.67 bits per heavy atom. The lowest BCUT2D eigenvalue weighted by molar-refractivity contribution is 0.414. The Balaban J connectivity index is 2.02. The van der Waals surface area contributed by atoms with Gasteiger partial charge in [-0.05, 0) is 37.9 Å². The van der Waals surface area contributed by atoms with Crippen LogP contribution in [0.4, 0.5) is 0 Å². The maximum absolute atomic E-state index is 5.76. The maximum atomic E-state index is 5.76. The zero-order chi connectivity index (χ0) is 13.0. The SMILES string of the molecule is CNC(CCC(C)C)Cc1nc2ccccc2o1.